The van der Waals surface area contributed by atoms with Gasteiger partial charge >= 0.3 is 6.61 Å². The first-order valence-electron chi connectivity index (χ1n) is 6.48. The largest absolute Gasteiger partial charge is 0.493 e. The number of nitrogens with zero attached hydrogens (tertiary/aromatic N) is 2. The number of methoxy groups -OCH3 is 1. The Bertz CT molecular complexity index is 762. The van der Waals surface area contributed by atoms with Crippen LogP contribution in [0.5, 0.6) is 11.5 Å². The van der Waals surface area contributed by atoms with E-state index in [1.165, 1.54) is 31.5 Å². The number of benzene rings is 1. The van der Waals surface area contributed by atoms with Gasteiger partial charge in [0, 0.05) is 11.8 Å². The van der Waals surface area contributed by atoms with Gasteiger partial charge in [0.15, 0.2) is 11.5 Å². The van der Waals surface area contributed by atoms with E-state index in [0.29, 0.717) is 11.3 Å². The van der Waals surface area contributed by atoms with Gasteiger partial charge in [-0.05, 0) is 30.7 Å². The quantitative estimate of drug-likeness (QED) is 0.628. The van der Waals surface area contributed by atoms with E-state index in [1.54, 1.807) is 13.0 Å². The minimum Gasteiger partial charge on any atom is -0.493 e. The zero-order chi connectivity index (χ0) is 16.8. The average molecular weight is 324 g/mol. The van der Waals surface area contributed by atoms with E-state index < -0.39 is 6.61 Å². The highest BCUT2D eigenvalue weighted by Crippen LogP contribution is 2.28. The highest BCUT2D eigenvalue weighted by Gasteiger charge is 2.10. The van der Waals surface area contributed by atoms with E-state index in [0.717, 1.165) is 0 Å². The van der Waals surface area contributed by atoms with Crippen molar-refractivity contribution in [3.05, 3.63) is 45.9 Å². The van der Waals surface area contributed by atoms with Crippen LogP contribution in [0.15, 0.2) is 34.2 Å². The zero-order valence-corrected chi connectivity index (χ0v) is 12.3. The highest BCUT2D eigenvalue weighted by atomic mass is 19.3. The van der Waals surface area contributed by atoms with Crippen LogP contribution >= 0.6 is 0 Å². The summed E-state index contributed by atoms with van der Waals surface area (Å²) in [4.78, 5) is 17.8. The Kier molecular flexibility index (Phi) is 5.23. The lowest BCUT2D eigenvalue weighted by Crippen LogP contribution is -2.10. The predicted molar refractivity (Wildman–Crippen MR) is 80.4 cm³/mol. The normalized spacial score (nSPS) is 11.0. The van der Waals surface area contributed by atoms with E-state index in [1.807, 2.05) is 0 Å². The van der Waals surface area contributed by atoms with E-state index in [-0.39, 0.29) is 23.0 Å². The van der Waals surface area contributed by atoms with Gasteiger partial charge in [0.2, 0.25) is 5.95 Å². The minimum absolute atomic E-state index is 0.103. The van der Waals surface area contributed by atoms with E-state index in [2.05, 4.69) is 25.2 Å². The molecule has 0 fully saturated rings. The molecule has 0 unspecified atom stereocenters. The first-order chi connectivity index (χ1) is 11.0. The number of hydrazone groups is 1. The molecule has 1 aromatic heterocycles. The summed E-state index contributed by atoms with van der Waals surface area (Å²) in [5.74, 6) is 0.248. The minimum atomic E-state index is -2.96. The Morgan fingerprint density at radius 1 is 1.35 bits per heavy atom. The lowest BCUT2D eigenvalue weighted by atomic mass is 10.2. The van der Waals surface area contributed by atoms with Gasteiger partial charge in [-0.2, -0.15) is 13.9 Å². The Balaban J connectivity index is 2.14. The van der Waals surface area contributed by atoms with Gasteiger partial charge in [0.1, 0.15) is 0 Å². The Morgan fingerprint density at radius 3 is 2.78 bits per heavy atom. The molecule has 0 bridgehead atoms. The lowest BCUT2D eigenvalue weighted by Gasteiger charge is -2.10. The van der Waals surface area contributed by atoms with Crippen molar-refractivity contribution in [1.82, 2.24) is 9.97 Å². The second-order valence-electron chi connectivity index (χ2n) is 4.39. The van der Waals surface area contributed by atoms with Crippen molar-refractivity contribution in [2.24, 2.45) is 5.10 Å². The van der Waals surface area contributed by atoms with Crippen molar-refractivity contribution in [3.8, 4) is 11.5 Å². The number of halogens is 2. The molecule has 0 aliphatic heterocycles. The fraction of sp³-hybridized carbons (Fsp3) is 0.214. The molecule has 2 N–H and O–H groups in total. The summed E-state index contributed by atoms with van der Waals surface area (Å²) in [5.41, 5.74) is 3.25. The van der Waals surface area contributed by atoms with Crippen molar-refractivity contribution in [2.45, 2.75) is 13.5 Å². The molecule has 2 aromatic rings. The van der Waals surface area contributed by atoms with Gasteiger partial charge in [-0.1, -0.05) is 0 Å². The third kappa shape index (κ3) is 4.77. The maximum atomic E-state index is 12.4. The second-order valence-corrected chi connectivity index (χ2v) is 4.39. The van der Waals surface area contributed by atoms with E-state index in [4.69, 9.17) is 4.74 Å². The number of aryl methyl sites for hydroxylation is 1. The molecule has 0 amide bonds. The first-order valence-corrected chi connectivity index (χ1v) is 6.48. The van der Waals surface area contributed by atoms with Crippen molar-refractivity contribution >= 4 is 12.2 Å². The molecule has 1 aromatic carbocycles. The van der Waals surface area contributed by atoms with E-state index in [9.17, 15) is 13.6 Å². The molecule has 0 spiro atoms. The molecule has 122 valence electrons. The molecule has 0 radical (unpaired) electrons. The molecule has 9 heteroatoms. The fourth-order valence-electron chi connectivity index (χ4n) is 1.76. The Labute approximate surface area is 130 Å². The average Bonchev–Trinajstić information content (AvgIpc) is 2.46. The van der Waals surface area contributed by atoms with Gasteiger partial charge < -0.3 is 9.47 Å². The summed E-state index contributed by atoms with van der Waals surface area (Å²) in [6.45, 7) is -1.29. The van der Waals surface area contributed by atoms with Crippen LogP contribution in [0.25, 0.3) is 0 Å². The van der Waals surface area contributed by atoms with E-state index >= 15 is 0 Å². The maximum Gasteiger partial charge on any atom is 0.387 e. The summed E-state index contributed by atoms with van der Waals surface area (Å²) in [6.07, 6.45) is 1.36. The third-order valence-electron chi connectivity index (χ3n) is 2.66. The molecule has 23 heavy (non-hydrogen) atoms. The van der Waals surface area contributed by atoms with Crippen molar-refractivity contribution in [2.75, 3.05) is 12.5 Å². The van der Waals surface area contributed by atoms with Crippen LogP contribution in [0.3, 0.4) is 0 Å². The lowest BCUT2D eigenvalue weighted by molar-refractivity contribution is -0.0512. The summed E-state index contributed by atoms with van der Waals surface area (Å²) < 4.78 is 34.0. The topological polar surface area (TPSA) is 88.6 Å². The number of ether oxygens (including phenoxy) is 2. The van der Waals surface area contributed by atoms with Crippen molar-refractivity contribution < 1.29 is 18.3 Å². The number of anilines is 1. The molecule has 7 nitrogen and oxygen atoms in total. The zero-order valence-electron chi connectivity index (χ0n) is 12.3. The molecular formula is C14H14F2N4O3. The number of alkyl halides is 2. The number of H-pyrrole nitrogens is 1. The molecule has 1 heterocycles. The summed E-state index contributed by atoms with van der Waals surface area (Å²) >= 11 is 0. The monoisotopic (exact) mass is 324 g/mol. The molecular weight excluding hydrogens is 310 g/mol. The third-order valence-corrected chi connectivity index (χ3v) is 2.66. The van der Waals surface area contributed by atoms with Crippen LogP contribution in [-0.4, -0.2) is 29.9 Å². The SMILES string of the molecule is COc1ccc(/C=N\Nc2nc(C)cc(=O)[nH]2)cc1OC(F)F. The molecule has 0 aliphatic carbocycles. The smallest absolute Gasteiger partial charge is 0.387 e. The molecule has 0 saturated carbocycles. The van der Waals surface area contributed by atoms with Crippen LogP contribution in [0, 0.1) is 6.92 Å². The van der Waals surface area contributed by atoms with Gasteiger partial charge in [-0.25, -0.2) is 10.4 Å². The van der Waals surface area contributed by atoms with Crippen LogP contribution in [0.1, 0.15) is 11.3 Å². The number of aromatic amines is 1. The maximum absolute atomic E-state index is 12.4. The van der Waals surface area contributed by atoms with Crippen molar-refractivity contribution in [3.63, 3.8) is 0 Å². The predicted octanol–water partition coefficient (Wildman–Crippen LogP) is 2.13. The van der Waals surface area contributed by atoms with Crippen LogP contribution < -0.4 is 20.5 Å². The number of rotatable bonds is 6. The van der Waals surface area contributed by atoms with Gasteiger partial charge in [0.05, 0.1) is 13.3 Å². The fourth-order valence-corrected chi connectivity index (χ4v) is 1.76. The number of hydrogen-bond donors (Lipinski definition) is 2. The molecule has 2 rings (SSSR count). The van der Waals surface area contributed by atoms with Crippen molar-refractivity contribution in [1.29, 1.82) is 0 Å². The summed E-state index contributed by atoms with van der Waals surface area (Å²) in [6, 6.07) is 5.77. The van der Waals surface area contributed by atoms with Crippen LogP contribution in [-0.2, 0) is 0 Å². The summed E-state index contributed by atoms with van der Waals surface area (Å²) in [5, 5.41) is 3.88. The highest BCUT2D eigenvalue weighted by molar-refractivity contribution is 5.81. The Morgan fingerprint density at radius 2 is 2.13 bits per heavy atom. The standard InChI is InChI=1S/C14H14F2N4O3/c1-8-5-12(21)19-14(18-8)20-17-7-9-3-4-10(22-2)11(6-9)23-13(15)16/h3-7,13H,1-2H3,(H2,18,19,20,21)/b17-7-. The second kappa shape index (κ2) is 7.34. The van der Waals surface area contributed by atoms with Gasteiger partial charge in [-0.3, -0.25) is 9.78 Å². The van der Waals surface area contributed by atoms with Crippen LogP contribution in [0.2, 0.25) is 0 Å². The van der Waals surface area contributed by atoms with Gasteiger partial charge in [0.25, 0.3) is 5.56 Å². The number of nitrogens with one attached hydrogen (secondary N) is 2. The number of aromatic nitrogens is 2. The van der Waals surface area contributed by atoms with Crippen LogP contribution in [0.4, 0.5) is 14.7 Å². The summed E-state index contributed by atoms with van der Waals surface area (Å²) in [7, 11) is 1.35. The Hall–Kier alpha value is -2.97. The molecule has 0 atom stereocenters. The first kappa shape index (κ1) is 16.4. The molecule has 0 saturated heterocycles. The van der Waals surface area contributed by atoms with Gasteiger partial charge in [-0.15, -0.1) is 0 Å². The number of hydrogen-bond acceptors (Lipinski definition) is 6. The molecule has 0 aliphatic rings.